The van der Waals surface area contributed by atoms with Crippen LogP contribution in [0, 0.1) is 0 Å². The standard InChI is InChI=1S/C19H26N2O3/c22-18(23)15-3-1-2-14(10-15)12-21-8-6-19(7-9-21)11-17(13-24-19)20-16-4-5-16/h1-3,10,16-17,20H,4-9,11-13H2,(H,22,23). The fraction of sp³-hybridized carbons (Fsp3) is 0.632. The van der Waals surface area contributed by atoms with Crippen LogP contribution in [0.5, 0.6) is 0 Å². The highest BCUT2D eigenvalue weighted by atomic mass is 16.5. The molecule has 5 nitrogen and oxygen atoms in total. The minimum absolute atomic E-state index is 0.0754. The average molecular weight is 330 g/mol. The topological polar surface area (TPSA) is 61.8 Å². The van der Waals surface area contributed by atoms with Gasteiger partial charge in [-0.15, -0.1) is 0 Å². The minimum Gasteiger partial charge on any atom is -0.478 e. The molecule has 2 N–H and O–H groups in total. The van der Waals surface area contributed by atoms with Crippen LogP contribution < -0.4 is 5.32 Å². The molecule has 1 aromatic rings. The molecular formula is C19H26N2O3. The van der Waals surface area contributed by atoms with E-state index in [-0.39, 0.29) is 5.60 Å². The summed E-state index contributed by atoms with van der Waals surface area (Å²) in [5.41, 5.74) is 1.52. The third kappa shape index (κ3) is 3.63. The number of carboxylic acid groups (broad SMARTS) is 1. The first-order valence-electron chi connectivity index (χ1n) is 9.07. The quantitative estimate of drug-likeness (QED) is 0.867. The molecule has 3 fully saturated rings. The first-order chi connectivity index (χ1) is 11.6. The molecule has 0 amide bonds. The van der Waals surface area contributed by atoms with Crippen molar-refractivity contribution in [3.8, 4) is 0 Å². The van der Waals surface area contributed by atoms with Gasteiger partial charge in [0.25, 0.3) is 0 Å². The van der Waals surface area contributed by atoms with Gasteiger partial charge in [-0.25, -0.2) is 4.79 Å². The van der Waals surface area contributed by atoms with Gasteiger partial charge in [0.2, 0.25) is 0 Å². The molecule has 0 bridgehead atoms. The maximum atomic E-state index is 11.1. The number of benzene rings is 1. The predicted octanol–water partition coefficient (Wildman–Crippen LogP) is 2.26. The third-order valence-corrected chi connectivity index (χ3v) is 5.61. The van der Waals surface area contributed by atoms with Gasteiger partial charge in [-0.2, -0.15) is 0 Å². The van der Waals surface area contributed by atoms with Crippen molar-refractivity contribution in [2.24, 2.45) is 0 Å². The molecule has 1 spiro atoms. The molecule has 24 heavy (non-hydrogen) atoms. The van der Waals surface area contributed by atoms with Crippen LogP contribution in [0.25, 0.3) is 0 Å². The molecule has 130 valence electrons. The Hall–Kier alpha value is -1.43. The maximum Gasteiger partial charge on any atom is 0.335 e. The Labute approximate surface area is 143 Å². The molecule has 5 heteroatoms. The zero-order chi connectivity index (χ0) is 16.6. The van der Waals surface area contributed by atoms with E-state index in [1.54, 1.807) is 12.1 Å². The van der Waals surface area contributed by atoms with E-state index in [0.717, 1.165) is 57.1 Å². The van der Waals surface area contributed by atoms with Gasteiger partial charge in [0.05, 0.1) is 17.8 Å². The molecule has 0 aromatic heterocycles. The Morgan fingerprint density at radius 1 is 1.29 bits per heavy atom. The van der Waals surface area contributed by atoms with Gasteiger partial charge in [-0.05, 0) is 49.8 Å². The Kier molecular flexibility index (Phi) is 4.33. The van der Waals surface area contributed by atoms with Gasteiger partial charge in [-0.1, -0.05) is 12.1 Å². The highest BCUT2D eigenvalue weighted by Gasteiger charge is 2.43. The summed E-state index contributed by atoms with van der Waals surface area (Å²) in [4.78, 5) is 13.5. The number of aromatic carboxylic acids is 1. The van der Waals surface area contributed by atoms with E-state index in [4.69, 9.17) is 9.84 Å². The lowest BCUT2D eigenvalue weighted by Crippen LogP contribution is -2.44. The van der Waals surface area contributed by atoms with Crippen molar-refractivity contribution in [2.75, 3.05) is 19.7 Å². The van der Waals surface area contributed by atoms with Crippen LogP contribution in [0.3, 0.4) is 0 Å². The highest BCUT2D eigenvalue weighted by molar-refractivity contribution is 5.87. The van der Waals surface area contributed by atoms with E-state index in [1.165, 1.54) is 12.8 Å². The monoisotopic (exact) mass is 330 g/mol. The fourth-order valence-corrected chi connectivity index (χ4v) is 4.06. The smallest absolute Gasteiger partial charge is 0.335 e. The van der Waals surface area contributed by atoms with Crippen LogP contribution in [-0.4, -0.2) is 53.4 Å². The second kappa shape index (κ2) is 6.47. The van der Waals surface area contributed by atoms with E-state index >= 15 is 0 Å². The third-order valence-electron chi connectivity index (χ3n) is 5.61. The van der Waals surface area contributed by atoms with Crippen LogP contribution in [0.4, 0.5) is 0 Å². The highest BCUT2D eigenvalue weighted by Crippen LogP contribution is 2.37. The number of carbonyl (C=O) groups is 1. The number of nitrogens with zero attached hydrogens (tertiary/aromatic N) is 1. The van der Waals surface area contributed by atoms with Crippen molar-refractivity contribution in [2.45, 2.75) is 56.3 Å². The van der Waals surface area contributed by atoms with Gasteiger partial charge in [0.1, 0.15) is 0 Å². The number of hydrogen-bond acceptors (Lipinski definition) is 4. The molecule has 1 aromatic carbocycles. The van der Waals surface area contributed by atoms with Gasteiger partial charge in [0, 0.05) is 31.7 Å². The number of nitrogens with one attached hydrogen (secondary N) is 1. The molecule has 1 saturated carbocycles. The number of hydrogen-bond donors (Lipinski definition) is 2. The summed E-state index contributed by atoms with van der Waals surface area (Å²) in [5, 5.41) is 12.8. The summed E-state index contributed by atoms with van der Waals surface area (Å²) in [7, 11) is 0. The fourth-order valence-electron chi connectivity index (χ4n) is 4.06. The van der Waals surface area contributed by atoms with Crippen molar-refractivity contribution in [3.05, 3.63) is 35.4 Å². The van der Waals surface area contributed by atoms with Crippen LogP contribution in [-0.2, 0) is 11.3 Å². The summed E-state index contributed by atoms with van der Waals surface area (Å²) >= 11 is 0. The SMILES string of the molecule is O=C(O)c1cccc(CN2CCC3(CC2)CC(NC2CC2)CO3)c1. The molecule has 3 aliphatic rings. The lowest BCUT2D eigenvalue weighted by Gasteiger charge is -2.38. The van der Waals surface area contributed by atoms with Crippen molar-refractivity contribution in [1.82, 2.24) is 10.2 Å². The van der Waals surface area contributed by atoms with Crippen LogP contribution in [0.1, 0.15) is 48.0 Å². The van der Waals surface area contributed by atoms with Crippen LogP contribution in [0.2, 0.25) is 0 Å². The predicted molar refractivity (Wildman–Crippen MR) is 91.2 cm³/mol. The number of piperidine rings is 1. The van der Waals surface area contributed by atoms with Crippen molar-refractivity contribution >= 4 is 5.97 Å². The summed E-state index contributed by atoms with van der Waals surface area (Å²) in [6.07, 6.45) is 5.95. The van der Waals surface area contributed by atoms with E-state index in [2.05, 4.69) is 10.2 Å². The zero-order valence-corrected chi connectivity index (χ0v) is 14.0. The Morgan fingerprint density at radius 3 is 2.79 bits per heavy atom. The lowest BCUT2D eigenvalue weighted by molar-refractivity contribution is -0.0449. The molecule has 1 unspecified atom stereocenters. The van der Waals surface area contributed by atoms with Crippen molar-refractivity contribution in [3.63, 3.8) is 0 Å². The minimum atomic E-state index is -0.858. The van der Waals surface area contributed by atoms with E-state index in [0.29, 0.717) is 11.6 Å². The van der Waals surface area contributed by atoms with Gasteiger partial charge < -0.3 is 15.2 Å². The summed E-state index contributed by atoms with van der Waals surface area (Å²) in [5.74, 6) is -0.858. The first-order valence-corrected chi connectivity index (χ1v) is 9.07. The van der Waals surface area contributed by atoms with Gasteiger partial charge in [-0.3, -0.25) is 4.90 Å². The second-order valence-electron chi connectivity index (χ2n) is 7.62. The second-order valence-corrected chi connectivity index (χ2v) is 7.62. The van der Waals surface area contributed by atoms with E-state index in [1.807, 2.05) is 12.1 Å². The molecule has 2 saturated heterocycles. The largest absolute Gasteiger partial charge is 0.478 e. The molecule has 1 atom stereocenters. The summed E-state index contributed by atoms with van der Waals surface area (Å²) < 4.78 is 6.20. The Morgan fingerprint density at radius 2 is 2.08 bits per heavy atom. The Bertz CT molecular complexity index is 606. The normalized spacial score (nSPS) is 26.8. The van der Waals surface area contributed by atoms with Gasteiger partial charge in [0.15, 0.2) is 0 Å². The Balaban J connectivity index is 1.30. The molecular weight excluding hydrogens is 304 g/mol. The number of likely N-dealkylation sites (tertiary alicyclic amines) is 1. The van der Waals surface area contributed by atoms with Crippen LogP contribution >= 0.6 is 0 Å². The molecule has 1 aliphatic carbocycles. The lowest BCUT2D eigenvalue weighted by atomic mass is 9.87. The number of carboxylic acids is 1. The summed E-state index contributed by atoms with van der Waals surface area (Å²) in [6, 6.07) is 8.56. The van der Waals surface area contributed by atoms with E-state index in [9.17, 15) is 4.79 Å². The number of rotatable bonds is 5. The average Bonchev–Trinajstić information content (AvgIpc) is 3.31. The van der Waals surface area contributed by atoms with E-state index < -0.39 is 5.97 Å². The molecule has 2 heterocycles. The molecule has 0 radical (unpaired) electrons. The number of ether oxygens (including phenoxy) is 1. The summed E-state index contributed by atoms with van der Waals surface area (Å²) in [6.45, 7) is 3.72. The zero-order valence-electron chi connectivity index (χ0n) is 14.0. The molecule has 4 rings (SSSR count). The first kappa shape index (κ1) is 16.1. The van der Waals surface area contributed by atoms with Crippen LogP contribution in [0.15, 0.2) is 24.3 Å². The maximum absolute atomic E-state index is 11.1. The van der Waals surface area contributed by atoms with Gasteiger partial charge >= 0.3 is 5.97 Å². The van der Waals surface area contributed by atoms with Crippen molar-refractivity contribution in [1.29, 1.82) is 0 Å². The molecule has 2 aliphatic heterocycles. The van der Waals surface area contributed by atoms with Crippen molar-refractivity contribution < 1.29 is 14.6 Å².